The van der Waals surface area contributed by atoms with Crippen molar-refractivity contribution in [2.24, 2.45) is 7.05 Å². The maximum Gasteiger partial charge on any atom is 0.290 e. The number of hydrogen-bond acceptors (Lipinski definition) is 2. The van der Waals surface area contributed by atoms with Gasteiger partial charge in [-0.15, -0.1) is 0 Å². The predicted molar refractivity (Wildman–Crippen MR) is 52.8 cm³/mol. The molecule has 3 heteroatoms. The van der Waals surface area contributed by atoms with Gasteiger partial charge in [0.15, 0.2) is 5.58 Å². The minimum absolute atomic E-state index is 0.0828. The Hall–Kier alpha value is -1.51. The van der Waals surface area contributed by atoms with Gasteiger partial charge in [0.05, 0.1) is 5.39 Å². The summed E-state index contributed by atoms with van der Waals surface area (Å²) in [6.07, 6.45) is 0. The molecule has 0 spiro atoms. The van der Waals surface area contributed by atoms with Gasteiger partial charge in [0.25, 0.3) is 5.56 Å². The second-order valence-corrected chi connectivity index (χ2v) is 2.39. The Morgan fingerprint density at radius 1 is 1.23 bits per heavy atom. The number of aromatic nitrogens is 1. The molecule has 0 amide bonds. The summed E-state index contributed by atoms with van der Waals surface area (Å²) >= 11 is 0. The molecule has 0 saturated carbocycles. The van der Waals surface area contributed by atoms with Crippen LogP contribution in [0.4, 0.5) is 0 Å². The van der Waals surface area contributed by atoms with Crippen LogP contribution < -0.4 is 5.56 Å². The lowest BCUT2D eigenvalue weighted by Crippen LogP contribution is -2.08. The van der Waals surface area contributed by atoms with E-state index in [0.29, 0.717) is 11.0 Å². The number of hydrogen-bond donors (Lipinski definition) is 0. The highest BCUT2D eigenvalue weighted by atomic mass is 16.5. The minimum Gasteiger partial charge on any atom is -0.376 e. The molecule has 0 saturated heterocycles. The molecule has 1 aromatic carbocycles. The normalized spacial score (nSPS) is 9.46. The van der Waals surface area contributed by atoms with E-state index in [1.165, 1.54) is 4.74 Å². The lowest BCUT2D eigenvalue weighted by molar-refractivity contribution is 0.324. The van der Waals surface area contributed by atoms with Crippen molar-refractivity contribution in [3.8, 4) is 0 Å². The third-order valence-corrected chi connectivity index (χ3v) is 1.64. The second-order valence-electron chi connectivity index (χ2n) is 2.39. The molecule has 2 rings (SSSR count). The Morgan fingerprint density at radius 3 is 2.46 bits per heavy atom. The van der Waals surface area contributed by atoms with E-state index in [9.17, 15) is 4.79 Å². The van der Waals surface area contributed by atoms with E-state index in [4.69, 9.17) is 4.52 Å². The van der Waals surface area contributed by atoms with Crippen LogP contribution in [0.5, 0.6) is 0 Å². The van der Waals surface area contributed by atoms with Crippen LogP contribution in [0.1, 0.15) is 13.8 Å². The maximum absolute atomic E-state index is 11.2. The molecule has 0 bridgehead atoms. The van der Waals surface area contributed by atoms with Crippen molar-refractivity contribution in [3.05, 3.63) is 34.6 Å². The molecular formula is C10H13NO2. The molecule has 2 aromatic rings. The Kier molecular flexibility index (Phi) is 2.90. The fourth-order valence-corrected chi connectivity index (χ4v) is 1.08. The van der Waals surface area contributed by atoms with E-state index in [0.717, 1.165) is 0 Å². The van der Waals surface area contributed by atoms with E-state index in [1.54, 1.807) is 19.2 Å². The molecule has 0 unspecified atom stereocenters. The van der Waals surface area contributed by atoms with Gasteiger partial charge >= 0.3 is 0 Å². The molecule has 0 atom stereocenters. The fourth-order valence-electron chi connectivity index (χ4n) is 1.08. The Labute approximate surface area is 76.6 Å². The maximum atomic E-state index is 11.2. The SMILES string of the molecule is CC.Cn1oc2ccccc2c1=O. The van der Waals surface area contributed by atoms with Gasteiger partial charge in [0, 0.05) is 7.05 Å². The van der Waals surface area contributed by atoms with Gasteiger partial charge in [0.2, 0.25) is 0 Å². The molecule has 0 aliphatic carbocycles. The summed E-state index contributed by atoms with van der Waals surface area (Å²) in [6.45, 7) is 4.00. The van der Waals surface area contributed by atoms with Crippen molar-refractivity contribution < 1.29 is 4.52 Å². The standard InChI is InChI=1S/C8H7NO2.C2H6/c1-9-8(10)6-4-2-3-5-7(6)11-9;1-2/h2-5H,1H3;1-2H3. The zero-order chi connectivity index (χ0) is 9.84. The average molecular weight is 179 g/mol. The van der Waals surface area contributed by atoms with Crippen molar-refractivity contribution >= 4 is 11.0 Å². The van der Waals surface area contributed by atoms with Gasteiger partial charge in [0.1, 0.15) is 0 Å². The van der Waals surface area contributed by atoms with Crippen molar-refractivity contribution in [2.75, 3.05) is 0 Å². The van der Waals surface area contributed by atoms with Gasteiger partial charge < -0.3 is 4.52 Å². The third kappa shape index (κ3) is 1.64. The lowest BCUT2D eigenvalue weighted by Gasteiger charge is -1.80. The Morgan fingerprint density at radius 2 is 1.85 bits per heavy atom. The highest BCUT2D eigenvalue weighted by Crippen LogP contribution is 2.07. The molecule has 0 N–H and O–H groups in total. The van der Waals surface area contributed by atoms with Crippen LogP contribution in [0, 0.1) is 0 Å². The van der Waals surface area contributed by atoms with Gasteiger partial charge in [-0.1, -0.05) is 26.0 Å². The molecule has 70 valence electrons. The number of fused-ring (bicyclic) bond motifs is 1. The molecular weight excluding hydrogens is 166 g/mol. The van der Waals surface area contributed by atoms with Gasteiger partial charge in [-0.05, 0) is 12.1 Å². The molecule has 0 aliphatic heterocycles. The van der Waals surface area contributed by atoms with Gasteiger partial charge in [-0.2, -0.15) is 4.74 Å². The first-order valence-corrected chi connectivity index (χ1v) is 4.34. The highest BCUT2D eigenvalue weighted by molar-refractivity contribution is 5.75. The second kappa shape index (κ2) is 3.94. The van der Waals surface area contributed by atoms with Crippen LogP contribution in [0.25, 0.3) is 11.0 Å². The summed E-state index contributed by atoms with van der Waals surface area (Å²) in [4.78, 5) is 11.2. The van der Waals surface area contributed by atoms with E-state index in [2.05, 4.69) is 0 Å². The average Bonchev–Trinajstić information content (AvgIpc) is 2.47. The third-order valence-electron chi connectivity index (χ3n) is 1.64. The predicted octanol–water partition coefficient (Wildman–Crippen LogP) is 2.16. The molecule has 3 nitrogen and oxygen atoms in total. The molecule has 0 aliphatic rings. The van der Waals surface area contributed by atoms with Crippen LogP contribution in [0.3, 0.4) is 0 Å². The molecule has 13 heavy (non-hydrogen) atoms. The minimum atomic E-state index is -0.0828. The molecule has 0 radical (unpaired) electrons. The first kappa shape index (κ1) is 9.58. The summed E-state index contributed by atoms with van der Waals surface area (Å²) in [6, 6.07) is 7.18. The summed E-state index contributed by atoms with van der Waals surface area (Å²) in [5.41, 5.74) is 0.556. The fraction of sp³-hybridized carbons (Fsp3) is 0.300. The number of benzene rings is 1. The number of rotatable bonds is 0. The van der Waals surface area contributed by atoms with E-state index < -0.39 is 0 Å². The van der Waals surface area contributed by atoms with E-state index in [-0.39, 0.29) is 5.56 Å². The van der Waals surface area contributed by atoms with Gasteiger partial charge in [-0.3, -0.25) is 4.79 Å². The van der Waals surface area contributed by atoms with Gasteiger partial charge in [-0.25, -0.2) is 0 Å². The molecule has 0 fully saturated rings. The first-order valence-electron chi connectivity index (χ1n) is 4.34. The topological polar surface area (TPSA) is 35.1 Å². The van der Waals surface area contributed by atoms with Crippen LogP contribution in [0.2, 0.25) is 0 Å². The number of aryl methyl sites for hydroxylation is 1. The Bertz CT molecular complexity index is 439. The lowest BCUT2D eigenvalue weighted by atomic mass is 10.3. The smallest absolute Gasteiger partial charge is 0.290 e. The van der Waals surface area contributed by atoms with Crippen LogP contribution in [-0.2, 0) is 7.05 Å². The zero-order valence-corrected chi connectivity index (χ0v) is 8.07. The van der Waals surface area contributed by atoms with Crippen LogP contribution in [0.15, 0.2) is 33.6 Å². The summed E-state index contributed by atoms with van der Waals surface area (Å²) in [5.74, 6) is 0. The van der Waals surface area contributed by atoms with Crippen molar-refractivity contribution in [3.63, 3.8) is 0 Å². The monoisotopic (exact) mass is 179 g/mol. The highest BCUT2D eigenvalue weighted by Gasteiger charge is 2.02. The summed E-state index contributed by atoms with van der Waals surface area (Å²) in [5, 5.41) is 0.634. The van der Waals surface area contributed by atoms with Crippen molar-refractivity contribution in [2.45, 2.75) is 13.8 Å². The summed E-state index contributed by atoms with van der Waals surface area (Å²) < 4.78 is 6.33. The van der Waals surface area contributed by atoms with Crippen molar-refractivity contribution in [1.29, 1.82) is 0 Å². The zero-order valence-electron chi connectivity index (χ0n) is 8.07. The molecule has 1 aromatic heterocycles. The van der Waals surface area contributed by atoms with Crippen LogP contribution >= 0.6 is 0 Å². The summed E-state index contributed by atoms with van der Waals surface area (Å²) in [7, 11) is 1.60. The Balaban J connectivity index is 0.000000396. The van der Waals surface area contributed by atoms with Crippen molar-refractivity contribution in [1.82, 2.24) is 4.74 Å². The quantitative estimate of drug-likeness (QED) is 0.621. The first-order chi connectivity index (χ1) is 6.29. The molecule has 1 heterocycles. The number of para-hydroxylation sites is 1. The number of nitrogens with zero attached hydrogens (tertiary/aromatic N) is 1. The largest absolute Gasteiger partial charge is 0.376 e. The van der Waals surface area contributed by atoms with E-state index >= 15 is 0 Å². The van der Waals surface area contributed by atoms with E-state index in [1.807, 2.05) is 26.0 Å². The van der Waals surface area contributed by atoms with Crippen LogP contribution in [-0.4, -0.2) is 4.74 Å².